The van der Waals surface area contributed by atoms with Crippen LogP contribution in [0.4, 0.5) is 10.8 Å². The van der Waals surface area contributed by atoms with Gasteiger partial charge in [-0.3, -0.25) is 14.9 Å². The molecule has 0 spiro atoms. The number of hydrogen-bond acceptors (Lipinski definition) is 6. The summed E-state index contributed by atoms with van der Waals surface area (Å²) < 4.78 is 0. The van der Waals surface area contributed by atoms with Gasteiger partial charge < -0.3 is 10.2 Å². The second kappa shape index (κ2) is 7.26. The molecule has 1 fully saturated rings. The van der Waals surface area contributed by atoms with Gasteiger partial charge in [0.15, 0.2) is 0 Å². The number of fused-ring (bicyclic) bond motifs is 1. The molecule has 1 aromatic carbocycles. The second-order valence-electron chi connectivity index (χ2n) is 7.43. The number of carbonyl (C=O) groups is 2. The van der Waals surface area contributed by atoms with Crippen LogP contribution in [0.15, 0.2) is 24.3 Å². The third kappa shape index (κ3) is 3.53. The van der Waals surface area contributed by atoms with Crippen LogP contribution < -0.4 is 10.6 Å². The minimum Gasteiger partial charge on any atom is -0.364 e. The Balaban J connectivity index is 1.47. The Morgan fingerprint density at radius 3 is 2.81 bits per heavy atom. The van der Waals surface area contributed by atoms with E-state index in [1.165, 1.54) is 17.8 Å². The summed E-state index contributed by atoms with van der Waals surface area (Å²) in [6.07, 6.45) is 3.28. The van der Waals surface area contributed by atoms with E-state index in [0.29, 0.717) is 16.6 Å². The molecule has 1 unspecified atom stereocenters. The topological polar surface area (TPSA) is 87.2 Å². The van der Waals surface area contributed by atoms with Gasteiger partial charge in [0.05, 0.1) is 5.56 Å². The highest BCUT2D eigenvalue weighted by molar-refractivity contribution is 7.15. The zero-order chi connectivity index (χ0) is 19.0. The normalized spacial score (nSPS) is 19.4. The monoisotopic (exact) mass is 385 g/mol. The van der Waals surface area contributed by atoms with Crippen LogP contribution in [0, 0.1) is 5.92 Å². The van der Waals surface area contributed by atoms with E-state index in [-0.39, 0.29) is 30.4 Å². The number of nitrogens with one attached hydrogen (secondary N) is 2. The predicted octanol–water partition coefficient (Wildman–Crippen LogP) is 3.29. The van der Waals surface area contributed by atoms with Crippen molar-refractivity contribution in [3.05, 3.63) is 34.8 Å². The number of anilines is 2. The molecule has 0 bridgehead atoms. The van der Waals surface area contributed by atoms with Crippen LogP contribution in [0.3, 0.4) is 0 Å². The van der Waals surface area contributed by atoms with Crippen molar-refractivity contribution in [3.8, 4) is 0 Å². The van der Waals surface area contributed by atoms with E-state index in [9.17, 15) is 9.59 Å². The fourth-order valence-electron chi connectivity index (χ4n) is 3.43. The fourth-order valence-corrected chi connectivity index (χ4v) is 4.36. The maximum Gasteiger partial charge on any atom is 0.258 e. The van der Waals surface area contributed by atoms with E-state index >= 15 is 0 Å². The zero-order valence-electron chi connectivity index (χ0n) is 15.4. The molecule has 0 saturated heterocycles. The average Bonchev–Trinajstić information content (AvgIpc) is 3.03. The predicted molar refractivity (Wildman–Crippen MR) is 105 cm³/mol. The number of nitrogens with zero attached hydrogens (tertiary/aromatic N) is 3. The second-order valence-corrected chi connectivity index (χ2v) is 8.44. The first-order chi connectivity index (χ1) is 13.0. The Kier molecular flexibility index (Phi) is 4.82. The lowest BCUT2D eigenvalue weighted by Crippen LogP contribution is -2.53. The van der Waals surface area contributed by atoms with E-state index in [1.807, 2.05) is 32.0 Å². The van der Waals surface area contributed by atoms with Crippen LogP contribution in [0.5, 0.6) is 0 Å². The van der Waals surface area contributed by atoms with Crippen molar-refractivity contribution in [2.45, 2.75) is 45.2 Å². The van der Waals surface area contributed by atoms with Crippen LogP contribution in [0.1, 0.15) is 54.4 Å². The zero-order valence-corrected chi connectivity index (χ0v) is 16.3. The maximum absolute atomic E-state index is 12.9. The van der Waals surface area contributed by atoms with Crippen molar-refractivity contribution >= 4 is 34.0 Å². The van der Waals surface area contributed by atoms with Crippen molar-refractivity contribution in [1.82, 2.24) is 15.1 Å². The summed E-state index contributed by atoms with van der Waals surface area (Å²) >= 11 is 1.43. The number of amides is 2. The van der Waals surface area contributed by atoms with Gasteiger partial charge in [0.1, 0.15) is 17.7 Å². The largest absolute Gasteiger partial charge is 0.364 e. The van der Waals surface area contributed by atoms with Crippen LogP contribution in [-0.2, 0) is 4.79 Å². The Bertz CT molecular complexity index is 861. The van der Waals surface area contributed by atoms with Crippen molar-refractivity contribution in [1.29, 1.82) is 0 Å². The molecule has 1 aromatic heterocycles. The van der Waals surface area contributed by atoms with Gasteiger partial charge in [0, 0.05) is 11.6 Å². The molecule has 2 aromatic rings. The Morgan fingerprint density at radius 1 is 1.33 bits per heavy atom. The summed E-state index contributed by atoms with van der Waals surface area (Å²) in [7, 11) is 0. The summed E-state index contributed by atoms with van der Waals surface area (Å²) in [5, 5.41) is 15.9. The molecular formula is C19H23N5O2S. The highest BCUT2D eigenvalue weighted by Gasteiger charge is 2.34. The standard InChI is InChI=1S/C19H23N5O2S/c1-11(2)16-20-14-9-4-3-8-13(14)18(26)24(16)10-15(25)21-19-23-22-17(27-19)12-6-5-7-12/h3-4,8-9,11-12,16,20H,5-7,10H2,1-2H3,(H,21,23,25). The van der Waals surface area contributed by atoms with Crippen LogP contribution in [0.2, 0.25) is 0 Å². The summed E-state index contributed by atoms with van der Waals surface area (Å²) in [6, 6.07) is 7.40. The summed E-state index contributed by atoms with van der Waals surface area (Å²) in [5.74, 6) is 0.252. The van der Waals surface area contributed by atoms with Gasteiger partial charge in [-0.2, -0.15) is 0 Å². The molecule has 7 nitrogen and oxygen atoms in total. The van der Waals surface area contributed by atoms with E-state index in [2.05, 4.69) is 20.8 Å². The molecule has 27 heavy (non-hydrogen) atoms. The highest BCUT2D eigenvalue weighted by Crippen LogP contribution is 2.38. The average molecular weight is 385 g/mol. The minimum absolute atomic E-state index is 0.0264. The number of para-hydroxylation sites is 1. The van der Waals surface area contributed by atoms with Gasteiger partial charge in [-0.1, -0.05) is 43.7 Å². The SMILES string of the molecule is CC(C)C1Nc2ccccc2C(=O)N1CC(=O)Nc1nnc(C2CCC2)s1. The van der Waals surface area contributed by atoms with Gasteiger partial charge in [-0.25, -0.2) is 0 Å². The summed E-state index contributed by atoms with van der Waals surface area (Å²) in [5.41, 5.74) is 1.40. The molecule has 2 N–H and O–H groups in total. The molecule has 8 heteroatoms. The molecule has 1 saturated carbocycles. The molecule has 142 valence electrons. The first-order valence-corrected chi connectivity index (χ1v) is 10.1. The maximum atomic E-state index is 12.9. The smallest absolute Gasteiger partial charge is 0.258 e. The lowest BCUT2D eigenvalue weighted by Gasteiger charge is -2.39. The van der Waals surface area contributed by atoms with Crippen LogP contribution in [0.25, 0.3) is 0 Å². The molecule has 0 radical (unpaired) electrons. The Labute approximate surface area is 162 Å². The molecule has 1 aliphatic heterocycles. The Hall–Kier alpha value is -2.48. The van der Waals surface area contributed by atoms with Gasteiger partial charge in [0.25, 0.3) is 5.91 Å². The first kappa shape index (κ1) is 17.9. The van der Waals surface area contributed by atoms with E-state index < -0.39 is 0 Å². The lowest BCUT2D eigenvalue weighted by atomic mass is 9.86. The van der Waals surface area contributed by atoms with Crippen molar-refractivity contribution in [3.63, 3.8) is 0 Å². The molecule has 1 aliphatic carbocycles. The number of benzene rings is 1. The van der Waals surface area contributed by atoms with Crippen LogP contribution >= 0.6 is 11.3 Å². The van der Waals surface area contributed by atoms with Crippen molar-refractivity contribution < 1.29 is 9.59 Å². The Morgan fingerprint density at radius 2 is 2.11 bits per heavy atom. The fraction of sp³-hybridized carbons (Fsp3) is 0.474. The van der Waals surface area contributed by atoms with Gasteiger partial charge in [-0.15, -0.1) is 10.2 Å². The molecule has 2 amide bonds. The molecule has 1 atom stereocenters. The third-order valence-corrected chi connectivity index (χ3v) is 6.15. The van der Waals surface area contributed by atoms with E-state index in [1.54, 1.807) is 11.0 Å². The molecule has 2 aliphatic rings. The van der Waals surface area contributed by atoms with Gasteiger partial charge in [-0.05, 0) is 30.9 Å². The molecule has 4 rings (SSSR count). The first-order valence-electron chi connectivity index (χ1n) is 9.32. The number of aromatic nitrogens is 2. The van der Waals surface area contributed by atoms with E-state index in [4.69, 9.17) is 0 Å². The lowest BCUT2D eigenvalue weighted by molar-refractivity contribution is -0.117. The quantitative estimate of drug-likeness (QED) is 0.825. The summed E-state index contributed by atoms with van der Waals surface area (Å²) in [6.45, 7) is 4.03. The molecular weight excluding hydrogens is 362 g/mol. The highest BCUT2D eigenvalue weighted by atomic mass is 32.1. The van der Waals surface area contributed by atoms with Gasteiger partial charge in [0.2, 0.25) is 11.0 Å². The number of carbonyl (C=O) groups excluding carboxylic acids is 2. The van der Waals surface area contributed by atoms with Crippen molar-refractivity contribution in [2.75, 3.05) is 17.2 Å². The summed E-state index contributed by atoms with van der Waals surface area (Å²) in [4.78, 5) is 27.1. The van der Waals surface area contributed by atoms with Crippen molar-refractivity contribution in [2.24, 2.45) is 5.92 Å². The van der Waals surface area contributed by atoms with Crippen LogP contribution in [-0.4, -0.2) is 39.6 Å². The minimum atomic E-state index is -0.258. The van der Waals surface area contributed by atoms with Gasteiger partial charge >= 0.3 is 0 Å². The number of hydrogen-bond donors (Lipinski definition) is 2. The molecule has 2 heterocycles. The van der Waals surface area contributed by atoms with E-state index in [0.717, 1.165) is 23.5 Å². The third-order valence-electron chi connectivity index (χ3n) is 5.14. The number of rotatable bonds is 5.